The number of hydrogen-bond donors (Lipinski definition) is 1. The van der Waals surface area contributed by atoms with Gasteiger partial charge in [0.15, 0.2) is 0 Å². The maximum atomic E-state index is 12.8. The van der Waals surface area contributed by atoms with Crippen LogP contribution in [-0.4, -0.2) is 45.5 Å². The van der Waals surface area contributed by atoms with Gasteiger partial charge in [0.2, 0.25) is 5.91 Å². The Morgan fingerprint density at radius 2 is 1.83 bits per heavy atom. The largest absolute Gasteiger partial charge is 0.274 e. The van der Waals surface area contributed by atoms with Gasteiger partial charge in [-0.3, -0.25) is 15.0 Å². The standard InChI is InChI=1S/C14H15N5O4S/c1-10-2-4-11(5-3-10)24(22,23)19-12(6-7-13(19)20)14(21)17-18-8-15-16-9-18/h2-5,8-9,12H,6-7H2,1H3,(H,17,21)/t12-/m0/s1. The second kappa shape index (κ2) is 6.04. The lowest BCUT2D eigenvalue weighted by Gasteiger charge is -2.23. The molecule has 1 aliphatic rings. The van der Waals surface area contributed by atoms with Crippen LogP contribution in [0.1, 0.15) is 18.4 Å². The summed E-state index contributed by atoms with van der Waals surface area (Å²) in [5, 5.41) is 7.08. The molecule has 1 fully saturated rings. The van der Waals surface area contributed by atoms with Crippen molar-refractivity contribution in [2.75, 3.05) is 5.43 Å². The molecular weight excluding hydrogens is 334 g/mol. The van der Waals surface area contributed by atoms with Crippen LogP contribution in [0.3, 0.4) is 0 Å². The highest BCUT2D eigenvalue weighted by Crippen LogP contribution is 2.27. The summed E-state index contributed by atoms with van der Waals surface area (Å²) in [5.41, 5.74) is 3.33. The van der Waals surface area contributed by atoms with Crippen LogP contribution in [-0.2, 0) is 19.6 Å². The minimum absolute atomic E-state index is 0.00857. The first kappa shape index (κ1) is 16.1. The van der Waals surface area contributed by atoms with Crippen LogP contribution in [0.15, 0.2) is 41.8 Å². The van der Waals surface area contributed by atoms with E-state index in [-0.39, 0.29) is 17.7 Å². The van der Waals surface area contributed by atoms with E-state index in [0.717, 1.165) is 5.56 Å². The van der Waals surface area contributed by atoms with Crippen molar-refractivity contribution in [1.29, 1.82) is 0 Å². The Morgan fingerprint density at radius 1 is 1.21 bits per heavy atom. The van der Waals surface area contributed by atoms with E-state index in [1.807, 2.05) is 6.92 Å². The third kappa shape index (κ3) is 2.87. The van der Waals surface area contributed by atoms with E-state index in [0.29, 0.717) is 4.31 Å². The molecule has 0 saturated carbocycles. The third-order valence-electron chi connectivity index (χ3n) is 3.70. The minimum Gasteiger partial charge on any atom is -0.274 e. The van der Waals surface area contributed by atoms with Gasteiger partial charge in [0.25, 0.3) is 15.9 Å². The molecule has 2 aromatic rings. The van der Waals surface area contributed by atoms with Crippen LogP contribution in [0.2, 0.25) is 0 Å². The predicted molar refractivity (Wildman–Crippen MR) is 82.6 cm³/mol. The molecule has 1 N–H and O–H groups in total. The molecule has 0 unspecified atom stereocenters. The Morgan fingerprint density at radius 3 is 2.46 bits per heavy atom. The quantitative estimate of drug-likeness (QED) is 0.833. The number of carbonyl (C=O) groups is 2. The first-order valence-corrected chi connectivity index (χ1v) is 8.63. The first-order chi connectivity index (χ1) is 11.4. The lowest BCUT2D eigenvalue weighted by Crippen LogP contribution is -2.46. The van der Waals surface area contributed by atoms with Gasteiger partial charge in [0.05, 0.1) is 4.90 Å². The number of aryl methyl sites for hydroxylation is 1. The van der Waals surface area contributed by atoms with E-state index in [2.05, 4.69) is 15.6 Å². The molecule has 0 aliphatic carbocycles. The highest BCUT2D eigenvalue weighted by Gasteiger charge is 2.44. The number of amides is 2. The van der Waals surface area contributed by atoms with E-state index in [1.165, 1.54) is 29.5 Å². The fourth-order valence-electron chi connectivity index (χ4n) is 2.48. The van der Waals surface area contributed by atoms with E-state index in [9.17, 15) is 18.0 Å². The minimum atomic E-state index is -4.10. The molecule has 9 nitrogen and oxygen atoms in total. The zero-order chi connectivity index (χ0) is 17.3. The van der Waals surface area contributed by atoms with Crippen molar-refractivity contribution in [3.8, 4) is 0 Å². The van der Waals surface area contributed by atoms with Crippen LogP contribution in [0.5, 0.6) is 0 Å². The number of nitrogens with one attached hydrogen (secondary N) is 1. The van der Waals surface area contributed by atoms with Gasteiger partial charge in [0, 0.05) is 6.42 Å². The molecule has 1 atom stereocenters. The summed E-state index contributed by atoms with van der Waals surface area (Å²) in [5.74, 6) is -1.21. The molecule has 1 aliphatic heterocycles. The summed E-state index contributed by atoms with van der Waals surface area (Å²) >= 11 is 0. The van der Waals surface area contributed by atoms with E-state index >= 15 is 0 Å². The van der Waals surface area contributed by atoms with Crippen molar-refractivity contribution in [1.82, 2.24) is 19.2 Å². The molecule has 1 aromatic carbocycles. The van der Waals surface area contributed by atoms with Gasteiger partial charge in [-0.15, -0.1) is 10.2 Å². The number of benzene rings is 1. The lowest BCUT2D eigenvalue weighted by atomic mass is 10.2. The molecule has 10 heteroatoms. The van der Waals surface area contributed by atoms with Gasteiger partial charge in [-0.1, -0.05) is 17.7 Å². The second-order valence-corrected chi connectivity index (χ2v) is 7.22. The molecule has 3 rings (SSSR count). The summed E-state index contributed by atoms with van der Waals surface area (Å²) in [6.45, 7) is 1.83. The topological polar surface area (TPSA) is 114 Å². The van der Waals surface area contributed by atoms with Gasteiger partial charge < -0.3 is 0 Å². The van der Waals surface area contributed by atoms with Gasteiger partial charge in [-0.05, 0) is 25.5 Å². The highest BCUT2D eigenvalue weighted by atomic mass is 32.2. The lowest BCUT2D eigenvalue weighted by molar-refractivity contribution is -0.128. The molecule has 0 radical (unpaired) electrons. The van der Waals surface area contributed by atoms with Crippen LogP contribution >= 0.6 is 0 Å². The number of rotatable bonds is 4. The normalized spacial score (nSPS) is 18.0. The molecule has 126 valence electrons. The van der Waals surface area contributed by atoms with Crippen molar-refractivity contribution in [2.45, 2.75) is 30.7 Å². The van der Waals surface area contributed by atoms with Crippen molar-refractivity contribution in [3.05, 3.63) is 42.5 Å². The second-order valence-electron chi connectivity index (χ2n) is 5.41. The van der Waals surface area contributed by atoms with Crippen LogP contribution in [0.25, 0.3) is 0 Å². The Kier molecular flexibility index (Phi) is 4.06. The first-order valence-electron chi connectivity index (χ1n) is 7.19. The maximum Gasteiger partial charge on any atom is 0.267 e. The molecule has 0 bridgehead atoms. The van der Waals surface area contributed by atoms with Gasteiger partial charge in [-0.25, -0.2) is 17.4 Å². The molecular formula is C14H15N5O4S. The summed E-state index contributed by atoms with van der Waals surface area (Å²) < 4.78 is 27.4. The van der Waals surface area contributed by atoms with E-state index < -0.39 is 27.9 Å². The average Bonchev–Trinajstić information content (AvgIpc) is 3.17. The van der Waals surface area contributed by atoms with Gasteiger partial charge in [0.1, 0.15) is 18.7 Å². The van der Waals surface area contributed by atoms with E-state index in [1.54, 1.807) is 12.1 Å². The Balaban J connectivity index is 1.90. The molecule has 0 spiro atoms. The number of nitrogens with zero attached hydrogens (tertiary/aromatic N) is 4. The molecule has 1 aromatic heterocycles. The highest BCUT2D eigenvalue weighted by molar-refractivity contribution is 7.89. The van der Waals surface area contributed by atoms with Crippen molar-refractivity contribution >= 4 is 21.8 Å². The number of sulfonamides is 1. The average molecular weight is 349 g/mol. The van der Waals surface area contributed by atoms with Crippen LogP contribution in [0.4, 0.5) is 0 Å². The number of hydrogen-bond acceptors (Lipinski definition) is 6. The molecule has 24 heavy (non-hydrogen) atoms. The maximum absolute atomic E-state index is 12.8. The molecule has 2 amide bonds. The summed E-state index contributed by atoms with van der Waals surface area (Å²) in [6.07, 6.45) is 2.63. The smallest absolute Gasteiger partial charge is 0.267 e. The summed E-state index contributed by atoms with van der Waals surface area (Å²) in [7, 11) is -4.10. The summed E-state index contributed by atoms with van der Waals surface area (Å²) in [4.78, 5) is 24.4. The Labute approximate surface area is 138 Å². The van der Waals surface area contributed by atoms with Crippen molar-refractivity contribution in [2.24, 2.45) is 0 Å². The van der Waals surface area contributed by atoms with Gasteiger partial charge >= 0.3 is 0 Å². The Hall–Kier alpha value is -2.75. The Bertz CT molecular complexity index is 861. The third-order valence-corrected chi connectivity index (χ3v) is 5.54. The van der Waals surface area contributed by atoms with Crippen LogP contribution < -0.4 is 5.43 Å². The summed E-state index contributed by atoms with van der Waals surface area (Å²) in [6, 6.07) is 5.02. The SMILES string of the molecule is Cc1ccc(S(=O)(=O)N2C(=O)CC[C@H]2C(=O)Nn2cnnc2)cc1. The van der Waals surface area contributed by atoms with Crippen LogP contribution in [0, 0.1) is 6.92 Å². The van der Waals surface area contributed by atoms with Crippen molar-refractivity contribution in [3.63, 3.8) is 0 Å². The molecule has 1 saturated heterocycles. The van der Waals surface area contributed by atoms with E-state index in [4.69, 9.17) is 0 Å². The number of carbonyl (C=O) groups excluding carboxylic acids is 2. The molecule has 2 heterocycles. The predicted octanol–water partition coefficient (Wildman–Crippen LogP) is 0.0365. The van der Waals surface area contributed by atoms with Crippen molar-refractivity contribution < 1.29 is 18.0 Å². The number of aromatic nitrogens is 3. The fourth-order valence-corrected chi connectivity index (χ4v) is 4.09. The fraction of sp³-hybridized carbons (Fsp3) is 0.286. The van der Waals surface area contributed by atoms with Gasteiger partial charge in [-0.2, -0.15) is 0 Å². The zero-order valence-corrected chi connectivity index (χ0v) is 13.6. The monoisotopic (exact) mass is 349 g/mol. The zero-order valence-electron chi connectivity index (χ0n) is 12.8.